The van der Waals surface area contributed by atoms with Gasteiger partial charge in [-0.1, -0.05) is 19.3 Å². The van der Waals surface area contributed by atoms with E-state index in [1.54, 1.807) is 7.05 Å². The van der Waals surface area contributed by atoms with Crippen molar-refractivity contribution < 1.29 is 13.2 Å². The topological polar surface area (TPSA) is 42.2 Å². The number of nitrogens with two attached hydrogens (primary N) is 1. The van der Waals surface area contributed by atoms with E-state index >= 15 is 0 Å². The van der Waals surface area contributed by atoms with Crippen LogP contribution < -0.4 is 10.6 Å². The number of alkyl halides is 3. The molecule has 1 aliphatic rings. The summed E-state index contributed by atoms with van der Waals surface area (Å²) in [7, 11) is 1.79. The van der Waals surface area contributed by atoms with Crippen molar-refractivity contribution in [2.24, 2.45) is 5.92 Å². The van der Waals surface area contributed by atoms with Crippen LogP contribution in [0.3, 0.4) is 0 Å². The first-order valence-corrected chi connectivity index (χ1v) is 6.92. The van der Waals surface area contributed by atoms with E-state index < -0.39 is 11.9 Å². The Hall–Kier alpha value is -1.46. The van der Waals surface area contributed by atoms with Crippen LogP contribution in [0.4, 0.5) is 24.5 Å². The molecule has 0 bridgehead atoms. The molecule has 0 spiro atoms. The van der Waals surface area contributed by atoms with Crippen LogP contribution >= 0.6 is 0 Å². The van der Waals surface area contributed by atoms with Gasteiger partial charge >= 0.3 is 6.18 Å². The van der Waals surface area contributed by atoms with Crippen LogP contribution in [-0.2, 0) is 6.18 Å². The Morgan fingerprint density at radius 1 is 1.30 bits per heavy atom. The monoisotopic (exact) mass is 287 g/mol. The predicted molar refractivity (Wildman–Crippen MR) is 73.5 cm³/mol. The molecule has 0 unspecified atom stereocenters. The normalized spacial score (nSPS) is 17.2. The second kappa shape index (κ2) is 5.89. The van der Waals surface area contributed by atoms with Crippen molar-refractivity contribution in [3.05, 3.63) is 18.0 Å². The first kappa shape index (κ1) is 14.9. The van der Waals surface area contributed by atoms with Gasteiger partial charge in [-0.25, -0.2) is 4.98 Å². The van der Waals surface area contributed by atoms with Gasteiger partial charge in [0.1, 0.15) is 5.69 Å². The maximum atomic E-state index is 12.7. The number of nitrogens with zero attached hydrogens (tertiary/aromatic N) is 2. The van der Waals surface area contributed by atoms with Crippen LogP contribution in [0.25, 0.3) is 0 Å². The summed E-state index contributed by atoms with van der Waals surface area (Å²) in [5, 5.41) is 0. The number of aromatic nitrogens is 1. The zero-order valence-corrected chi connectivity index (χ0v) is 11.6. The lowest BCUT2D eigenvalue weighted by atomic mass is 9.89. The molecule has 1 aromatic heterocycles. The first-order valence-electron chi connectivity index (χ1n) is 6.92. The molecule has 2 rings (SSSR count). The van der Waals surface area contributed by atoms with E-state index in [0.717, 1.165) is 31.6 Å². The lowest BCUT2D eigenvalue weighted by Gasteiger charge is -2.29. The molecule has 0 atom stereocenters. The highest BCUT2D eigenvalue weighted by Gasteiger charge is 2.33. The maximum absolute atomic E-state index is 12.7. The van der Waals surface area contributed by atoms with Gasteiger partial charge in [0, 0.05) is 13.6 Å². The highest BCUT2D eigenvalue weighted by Crippen LogP contribution is 2.33. The molecule has 2 N–H and O–H groups in total. The van der Waals surface area contributed by atoms with E-state index in [-0.39, 0.29) is 5.69 Å². The summed E-state index contributed by atoms with van der Waals surface area (Å²) in [6, 6.07) is 1.04. The van der Waals surface area contributed by atoms with Gasteiger partial charge in [-0.3, -0.25) is 0 Å². The number of rotatable bonds is 3. The Bertz CT molecular complexity index is 453. The second-order valence-corrected chi connectivity index (χ2v) is 5.51. The summed E-state index contributed by atoms with van der Waals surface area (Å²) >= 11 is 0. The molecule has 0 radical (unpaired) electrons. The molecule has 1 heterocycles. The van der Waals surface area contributed by atoms with Gasteiger partial charge in [0.25, 0.3) is 0 Å². The number of anilines is 2. The van der Waals surface area contributed by atoms with Crippen molar-refractivity contribution in [1.82, 2.24) is 4.98 Å². The van der Waals surface area contributed by atoms with Crippen LogP contribution in [0.5, 0.6) is 0 Å². The first-order chi connectivity index (χ1) is 9.38. The Balaban J connectivity index is 2.13. The molecule has 20 heavy (non-hydrogen) atoms. The van der Waals surface area contributed by atoms with Gasteiger partial charge in [-0.2, -0.15) is 13.2 Å². The Kier molecular flexibility index (Phi) is 4.40. The molecule has 0 saturated heterocycles. The summed E-state index contributed by atoms with van der Waals surface area (Å²) in [5.41, 5.74) is 5.58. The summed E-state index contributed by atoms with van der Waals surface area (Å²) in [6.45, 7) is 0.742. The average molecular weight is 287 g/mol. The second-order valence-electron chi connectivity index (χ2n) is 5.51. The smallest absolute Gasteiger partial charge is 0.396 e. The zero-order chi connectivity index (χ0) is 14.8. The molecule has 1 saturated carbocycles. The van der Waals surface area contributed by atoms with Gasteiger partial charge in [0.15, 0.2) is 0 Å². The number of halogens is 3. The Morgan fingerprint density at radius 2 is 1.95 bits per heavy atom. The van der Waals surface area contributed by atoms with E-state index in [1.165, 1.54) is 19.3 Å². The largest absolute Gasteiger partial charge is 0.433 e. The minimum atomic E-state index is -4.44. The minimum absolute atomic E-state index is 0.288. The van der Waals surface area contributed by atoms with Gasteiger partial charge in [-0.05, 0) is 24.8 Å². The van der Waals surface area contributed by atoms with Crippen molar-refractivity contribution in [2.75, 3.05) is 24.2 Å². The van der Waals surface area contributed by atoms with Crippen LogP contribution in [0.2, 0.25) is 0 Å². The van der Waals surface area contributed by atoms with Gasteiger partial charge in [0.05, 0.1) is 17.6 Å². The Labute approximate surface area is 117 Å². The quantitative estimate of drug-likeness (QED) is 0.921. The molecule has 3 nitrogen and oxygen atoms in total. The molecule has 1 aromatic rings. The van der Waals surface area contributed by atoms with E-state index in [9.17, 15) is 13.2 Å². The number of pyridine rings is 1. The van der Waals surface area contributed by atoms with Gasteiger partial charge in [-0.15, -0.1) is 0 Å². The summed E-state index contributed by atoms with van der Waals surface area (Å²) in [6.07, 6.45) is 2.61. The fourth-order valence-electron chi connectivity index (χ4n) is 2.80. The number of hydrogen-bond acceptors (Lipinski definition) is 3. The Morgan fingerprint density at radius 3 is 2.55 bits per heavy atom. The van der Waals surface area contributed by atoms with E-state index in [2.05, 4.69) is 4.98 Å². The molecular formula is C14H20F3N3. The molecule has 0 amide bonds. The molecule has 112 valence electrons. The third-order valence-corrected chi connectivity index (χ3v) is 3.87. The van der Waals surface area contributed by atoms with Gasteiger partial charge in [0.2, 0.25) is 0 Å². The highest BCUT2D eigenvalue weighted by molar-refractivity contribution is 5.66. The minimum Gasteiger partial charge on any atom is -0.396 e. The summed E-state index contributed by atoms with van der Waals surface area (Å²) < 4.78 is 38.1. The molecule has 0 aliphatic heterocycles. The average Bonchev–Trinajstić information content (AvgIpc) is 2.39. The molecule has 6 heteroatoms. The molecule has 0 aromatic carbocycles. The molecular weight excluding hydrogens is 267 g/mol. The molecule has 1 aliphatic carbocycles. The van der Waals surface area contributed by atoms with E-state index in [4.69, 9.17) is 5.73 Å². The molecule has 1 fully saturated rings. The van der Waals surface area contributed by atoms with Crippen LogP contribution in [0.1, 0.15) is 37.8 Å². The van der Waals surface area contributed by atoms with Crippen molar-refractivity contribution in [3.8, 4) is 0 Å². The van der Waals surface area contributed by atoms with Crippen LogP contribution in [0.15, 0.2) is 12.3 Å². The fourth-order valence-corrected chi connectivity index (χ4v) is 2.80. The van der Waals surface area contributed by atoms with Crippen LogP contribution in [0, 0.1) is 5.92 Å². The predicted octanol–water partition coefficient (Wildman–Crippen LogP) is 3.70. The highest BCUT2D eigenvalue weighted by atomic mass is 19.4. The third kappa shape index (κ3) is 3.55. The summed E-state index contributed by atoms with van der Waals surface area (Å²) in [5.74, 6) is 0.538. The fraction of sp³-hybridized carbons (Fsp3) is 0.643. The summed E-state index contributed by atoms with van der Waals surface area (Å²) in [4.78, 5) is 5.18. The number of nitrogen functional groups attached to an aromatic ring is 1. The van der Waals surface area contributed by atoms with Crippen LogP contribution in [-0.4, -0.2) is 18.6 Å². The van der Waals surface area contributed by atoms with E-state index in [1.807, 2.05) is 4.90 Å². The van der Waals surface area contributed by atoms with Gasteiger partial charge < -0.3 is 10.6 Å². The van der Waals surface area contributed by atoms with Crippen molar-refractivity contribution in [3.63, 3.8) is 0 Å². The van der Waals surface area contributed by atoms with Crippen molar-refractivity contribution in [2.45, 2.75) is 38.3 Å². The zero-order valence-electron chi connectivity index (χ0n) is 11.6. The maximum Gasteiger partial charge on any atom is 0.433 e. The SMILES string of the molecule is CN(CC1CCCCC1)c1cc(C(F)(F)F)ncc1N. The van der Waals surface area contributed by atoms with Crippen molar-refractivity contribution in [1.29, 1.82) is 0 Å². The van der Waals surface area contributed by atoms with E-state index in [0.29, 0.717) is 11.6 Å². The lowest BCUT2D eigenvalue weighted by molar-refractivity contribution is -0.141. The lowest BCUT2D eigenvalue weighted by Crippen LogP contribution is -2.28. The third-order valence-electron chi connectivity index (χ3n) is 3.87. The standard InChI is InChI=1S/C14H20F3N3/c1-20(9-10-5-3-2-4-6-10)12-7-13(14(15,16)17)19-8-11(12)18/h7-8,10H,2-6,9,18H2,1H3. The van der Waals surface area contributed by atoms with Crippen molar-refractivity contribution >= 4 is 11.4 Å². The number of hydrogen-bond donors (Lipinski definition) is 1.